The SMILES string of the molecule is Cc1ccc(C(=O)Nc2ccc(S(=O)(=O)C3CCCC3)cc2)cc1F. The second-order valence-corrected chi connectivity index (χ2v) is 8.62. The lowest BCUT2D eigenvalue weighted by atomic mass is 10.1. The number of carbonyl (C=O) groups is 1. The molecule has 1 aliphatic rings. The van der Waals surface area contributed by atoms with Gasteiger partial charge in [0.25, 0.3) is 5.91 Å². The molecule has 3 rings (SSSR count). The van der Waals surface area contributed by atoms with E-state index in [4.69, 9.17) is 0 Å². The third-order valence-electron chi connectivity index (χ3n) is 4.62. The Morgan fingerprint density at radius 1 is 1.08 bits per heavy atom. The average Bonchev–Trinajstić information content (AvgIpc) is 3.13. The zero-order chi connectivity index (χ0) is 18.0. The lowest BCUT2D eigenvalue weighted by molar-refractivity contribution is 0.102. The van der Waals surface area contributed by atoms with Gasteiger partial charge in [0.1, 0.15) is 5.82 Å². The van der Waals surface area contributed by atoms with Gasteiger partial charge in [-0.05, 0) is 61.7 Å². The summed E-state index contributed by atoms with van der Waals surface area (Å²) >= 11 is 0. The molecule has 0 spiro atoms. The standard InChI is InChI=1S/C19H20FNO3S/c1-13-6-7-14(12-18(13)20)19(22)21-15-8-10-17(11-9-15)25(23,24)16-4-2-3-5-16/h6-12,16H,2-5H2,1H3,(H,21,22). The van der Waals surface area contributed by atoms with Crippen LogP contribution in [0.3, 0.4) is 0 Å². The van der Waals surface area contributed by atoms with Gasteiger partial charge >= 0.3 is 0 Å². The highest BCUT2D eigenvalue weighted by atomic mass is 32.2. The molecule has 4 nitrogen and oxygen atoms in total. The van der Waals surface area contributed by atoms with Gasteiger partial charge in [0.2, 0.25) is 0 Å². The minimum Gasteiger partial charge on any atom is -0.322 e. The molecule has 0 bridgehead atoms. The molecule has 6 heteroatoms. The van der Waals surface area contributed by atoms with Gasteiger partial charge in [-0.15, -0.1) is 0 Å². The summed E-state index contributed by atoms with van der Waals surface area (Å²) in [6, 6.07) is 10.4. The summed E-state index contributed by atoms with van der Waals surface area (Å²) in [4.78, 5) is 12.4. The summed E-state index contributed by atoms with van der Waals surface area (Å²) in [6.45, 7) is 1.63. The Hall–Kier alpha value is -2.21. The third kappa shape index (κ3) is 3.74. The molecule has 1 fully saturated rings. The van der Waals surface area contributed by atoms with E-state index in [1.165, 1.54) is 18.2 Å². The zero-order valence-electron chi connectivity index (χ0n) is 14.0. The minimum atomic E-state index is -3.31. The number of aryl methyl sites for hydroxylation is 1. The molecular weight excluding hydrogens is 341 g/mol. The molecule has 0 unspecified atom stereocenters. The van der Waals surface area contributed by atoms with Crippen LogP contribution in [0, 0.1) is 12.7 Å². The molecule has 0 atom stereocenters. The summed E-state index contributed by atoms with van der Waals surface area (Å²) in [7, 11) is -3.31. The van der Waals surface area contributed by atoms with E-state index in [0.29, 0.717) is 24.1 Å². The highest BCUT2D eigenvalue weighted by Gasteiger charge is 2.30. The second kappa shape index (κ2) is 6.96. The van der Waals surface area contributed by atoms with E-state index in [-0.39, 0.29) is 15.7 Å². The number of hydrogen-bond acceptors (Lipinski definition) is 3. The van der Waals surface area contributed by atoms with Crippen LogP contribution < -0.4 is 5.32 Å². The number of anilines is 1. The zero-order valence-corrected chi connectivity index (χ0v) is 14.8. The quantitative estimate of drug-likeness (QED) is 0.892. The van der Waals surface area contributed by atoms with Gasteiger partial charge < -0.3 is 5.32 Å². The van der Waals surface area contributed by atoms with E-state index in [0.717, 1.165) is 12.8 Å². The predicted molar refractivity (Wildman–Crippen MR) is 95.0 cm³/mol. The van der Waals surface area contributed by atoms with Crippen molar-refractivity contribution in [2.75, 3.05) is 5.32 Å². The highest BCUT2D eigenvalue weighted by molar-refractivity contribution is 7.92. The molecular formula is C19H20FNO3S. The van der Waals surface area contributed by atoms with Crippen LogP contribution in [-0.4, -0.2) is 19.6 Å². The van der Waals surface area contributed by atoms with Crippen LogP contribution in [0.5, 0.6) is 0 Å². The summed E-state index contributed by atoms with van der Waals surface area (Å²) in [5.74, 6) is -0.879. The molecule has 0 aliphatic heterocycles. The van der Waals surface area contributed by atoms with Gasteiger partial charge in [-0.1, -0.05) is 18.9 Å². The summed E-state index contributed by atoms with van der Waals surface area (Å²) in [5.41, 5.74) is 1.15. The van der Waals surface area contributed by atoms with Gasteiger partial charge in [-0.2, -0.15) is 0 Å². The monoisotopic (exact) mass is 361 g/mol. The van der Waals surface area contributed by atoms with E-state index in [9.17, 15) is 17.6 Å². The molecule has 25 heavy (non-hydrogen) atoms. The van der Waals surface area contributed by atoms with Crippen molar-refractivity contribution in [3.05, 3.63) is 59.4 Å². The number of rotatable bonds is 4. The first-order valence-corrected chi connectivity index (χ1v) is 9.84. The van der Waals surface area contributed by atoms with E-state index in [2.05, 4.69) is 5.32 Å². The molecule has 2 aromatic rings. The number of carbonyl (C=O) groups excluding carboxylic acids is 1. The number of halogens is 1. The summed E-state index contributed by atoms with van der Waals surface area (Å²) in [6.07, 6.45) is 3.32. The molecule has 1 saturated carbocycles. The second-order valence-electron chi connectivity index (χ2n) is 6.39. The lowest BCUT2D eigenvalue weighted by Gasteiger charge is -2.12. The fourth-order valence-electron chi connectivity index (χ4n) is 3.06. The molecule has 1 amide bonds. The van der Waals surface area contributed by atoms with Crippen molar-refractivity contribution in [3.8, 4) is 0 Å². The maximum atomic E-state index is 13.6. The van der Waals surface area contributed by atoms with Crippen LogP contribution in [0.4, 0.5) is 10.1 Å². The maximum absolute atomic E-state index is 13.6. The fraction of sp³-hybridized carbons (Fsp3) is 0.316. The van der Waals surface area contributed by atoms with Crippen molar-refractivity contribution in [1.82, 2.24) is 0 Å². The largest absolute Gasteiger partial charge is 0.322 e. The fourth-order valence-corrected chi connectivity index (χ4v) is 4.91. The smallest absolute Gasteiger partial charge is 0.255 e. The average molecular weight is 361 g/mol. The molecule has 0 heterocycles. The molecule has 0 aromatic heterocycles. The Balaban J connectivity index is 1.74. The summed E-state index contributed by atoms with van der Waals surface area (Å²) < 4.78 is 38.6. The first kappa shape index (κ1) is 17.6. The topological polar surface area (TPSA) is 63.2 Å². The van der Waals surface area contributed by atoms with Gasteiger partial charge in [-0.3, -0.25) is 4.79 Å². The van der Waals surface area contributed by atoms with Gasteiger partial charge in [-0.25, -0.2) is 12.8 Å². The number of hydrogen-bond donors (Lipinski definition) is 1. The normalized spacial score (nSPS) is 15.3. The van der Waals surface area contributed by atoms with Crippen molar-refractivity contribution in [3.63, 3.8) is 0 Å². The number of benzene rings is 2. The maximum Gasteiger partial charge on any atom is 0.255 e. The van der Waals surface area contributed by atoms with E-state index in [1.54, 1.807) is 31.2 Å². The first-order chi connectivity index (χ1) is 11.9. The van der Waals surface area contributed by atoms with Gasteiger partial charge in [0, 0.05) is 11.3 Å². The third-order valence-corrected chi connectivity index (χ3v) is 6.89. The minimum absolute atomic E-state index is 0.214. The van der Waals surface area contributed by atoms with Gasteiger partial charge in [0.15, 0.2) is 9.84 Å². The molecule has 0 radical (unpaired) electrons. The Labute approximate surface area is 147 Å². The molecule has 2 aromatic carbocycles. The van der Waals surface area contributed by atoms with Crippen molar-refractivity contribution < 1.29 is 17.6 Å². The molecule has 1 N–H and O–H groups in total. The van der Waals surface area contributed by atoms with E-state index in [1.807, 2.05) is 0 Å². The first-order valence-electron chi connectivity index (χ1n) is 8.29. The van der Waals surface area contributed by atoms with Crippen molar-refractivity contribution in [2.24, 2.45) is 0 Å². The van der Waals surface area contributed by atoms with Gasteiger partial charge in [0.05, 0.1) is 10.1 Å². The molecule has 0 saturated heterocycles. The highest BCUT2D eigenvalue weighted by Crippen LogP contribution is 2.30. The van der Waals surface area contributed by atoms with Crippen molar-refractivity contribution >= 4 is 21.4 Å². The summed E-state index contributed by atoms with van der Waals surface area (Å²) in [5, 5.41) is 2.35. The Bertz CT molecular complexity index is 885. The van der Waals surface area contributed by atoms with Crippen LogP contribution in [-0.2, 0) is 9.84 Å². The van der Waals surface area contributed by atoms with Crippen molar-refractivity contribution in [2.45, 2.75) is 42.8 Å². The molecule has 1 aliphatic carbocycles. The van der Waals surface area contributed by atoms with Crippen LogP contribution >= 0.6 is 0 Å². The predicted octanol–water partition coefficient (Wildman–Crippen LogP) is 4.10. The Morgan fingerprint density at radius 3 is 2.32 bits per heavy atom. The van der Waals surface area contributed by atoms with Crippen LogP contribution in [0.15, 0.2) is 47.4 Å². The van der Waals surface area contributed by atoms with E-state index < -0.39 is 21.6 Å². The number of amides is 1. The van der Waals surface area contributed by atoms with Crippen LogP contribution in [0.1, 0.15) is 41.6 Å². The number of nitrogens with one attached hydrogen (secondary N) is 1. The Kier molecular flexibility index (Phi) is 4.90. The number of sulfone groups is 1. The van der Waals surface area contributed by atoms with E-state index >= 15 is 0 Å². The van der Waals surface area contributed by atoms with Crippen LogP contribution in [0.25, 0.3) is 0 Å². The van der Waals surface area contributed by atoms with Crippen molar-refractivity contribution in [1.29, 1.82) is 0 Å². The van der Waals surface area contributed by atoms with Crippen LogP contribution in [0.2, 0.25) is 0 Å². The molecule has 132 valence electrons. The lowest BCUT2D eigenvalue weighted by Crippen LogP contribution is -2.18. The Morgan fingerprint density at radius 2 is 1.72 bits per heavy atom.